The average molecular weight is 400 g/mol. The smallest absolute Gasteiger partial charge is 0.387 e. The molecule has 0 atom stereocenters. The molecule has 0 N–H and O–H groups in total. The molecule has 2 aromatic rings. The van der Waals surface area contributed by atoms with Gasteiger partial charge in [0.15, 0.2) is 28.8 Å². The van der Waals surface area contributed by atoms with E-state index in [-0.39, 0.29) is 34.1 Å². The Hall–Kier alpha value is -3.23. The van der Waals surface area contributed by atoms with Gasteiger partial charge in [-0.25, -0.2) is 0 Å². The number of halogens is 4. The van der Waals surface area contributed by atoms with Crippen LogP contribution < -0.4 is 18.9 Å². The molecule has 0 aliphatic rings. The molecule has 0 aromatic heterocycles. The molecule has 2 aromatic carbocycles. The minimum absolute atomic E-state index is 0.0531. The summed E-state index contributed by atoms with van der Waals surface area (Å²) in [5.41, 5.74) is 0.312. The minimum Gasteiger partial charge on any atom is -0.493 e. The number of alkyl halides is 4. The van der Waals surface area contributed by atoms with E-state index < -0.39 is 19.0 Å². The van der Waals surface area contributed by atoms with Crippen LogP contribution in [0, 0.1) is 0 Å². The zero-order valence-electron chi connectivity index (χ0n) is 14.8. The molecule has 0 radical (unpaired) electrons. The topological polar surface area (TPSA) is 54.0 Å². The van der Waals surface area contributed by atoms with E-state index in [1.807, 2.05) is 0 Å². The lowest BCUT2D eigenvalue weighted by Crippen LogP contribution is -2.05. The normalized spacial score (nSPS) is 11.1. The number of hydrogen-bond donors (Lipinski definition) is 0. The summed E-state index contributed by atoms with van der Waals surface area (Å²) < 4.78 is 68.7. The van der Waals surface area contributed by atoms with Crippen LogP contribution >= 0.6 is 0 Å². The van der Waals surface area contributed by atoms with Gasteiger partial charge in [-0.2, -0.15) is 17.6 Å². The van der Waals surface area contributed by atoms with Crippen LogP contribution in [-0.2, 0) is 0 Å². The predicted molar refractivity (Wildman–Crippen MR) is 92.6 cm³/mol. The van der Waals surface area contributed by atoms with Gasteiger partial charge in [0, 0.05) is 11.1 Å². The van der Waals surface area contributed by atoms with Crippen LogP contribution in [0.3, 0.4) is 0 Å². The second-order valence-electron chi connectivity index (χ2n) is 5.20. The summed E-state index contributed by atoms with van der Waals surface area (Å²) in [5.74, 6) is -0.943. The summed E-state index contributed by atoms with van der Waals surface area (Å²) >= 11 is 0. The summed E-state index contributed by atoms with van der Waals surface area (Å²) in [6.07, 6.45) is 2.40. The van der Waals surface area contributed by atoms with Crippen LogP contribution in [0.25, 0.3) is 6.08 Å². The van der Waals surface area contributed by atoms with Crippen LogP contribution in [0.15, 0.2) is 42.5 Å². The number of ketones is 1. The van der Waals surface area contributed by atoms with Crippen molar-refractivity contribution in [3.63, 3.8) is 0 Å². The molecule has 0 saturated carbocycles. The Morgan fingerprint density at radius 2 is 1.57 bits per heavy atom. The monoisotopic (exact) mass is 400 g/mol. The number of methoxy groups -OCH3 is 2. The lowest BCUT2D eigenvalue weighted by atomic mass is 10.1. The first-order chi connectivity index (χ1) is 13.3. The lowest BCUT2D eigenvalue weighted by Gasteiger charge is -2.12. The number of benzene rings is 2. The predicted octanol–water partition coefficient (Wildman–Crippen LogP) is 4.80. The average Bonchev–Trinajstić information content (AvgIpc) is 2.66. The van der Waals surface area contributed by atoms with Crippen LogP contribution in [0.1, 0.15) is 15.9 Å². The van der Waals surface area contributed by atoms with Crippen LogP contribution in [0.2, 0.25) is 0 Å². The maximum absolute atomic E-state index is 12.6. The van der Waals surface area contributed by atoms with Gasteiger partial charge in [0.2, 0.25) is 0 Å². The van der Waals surface area contributed by atoms with Crippen molar-refractivity contribution in [3.05, 3.63) is 53.6 Å². The third-order valence-electron chi connectivity index (χ3n) is 3.51. The summed E-state index contributed by atoms with van der Waals surface area (Å²) in [5, 5.41) is 0. The fourth-order valence-electron chi connectivity index (χ4n) is 2.32. The molecule has 0 aliphatic carbocycles. The summed E-state index contributed by atoms with van der Waals surface area (Å²) in [6, 6.07) is 8.11. The van der Waals surface area contributed by atoms with Gasteiger partial charge in [0.1, 0.15) is 0 Å². The quantitative estimate of drug-likeness (QED) is 0.344. The number of hydrogen-bond acceptors (Lipinski definition) is 5. The van der Waals surface area contributed by atoms with E-state index >= 15 is 0 Å². The molecule has 0 unspecified atom stereocenters. The fraction of sp³-hybridized carbons (Fsp3) is 0.211. The van der Waals surface area contributed by atoms with Gasteiger partial charge in [-0.05, 0) is 36.4 Å². The Labute approximate surface area is 158 Å². The maximum atomic E-state index is 12.6. The molecule has 0 aliphatic heterocycles. The van der Waals surface area contributed by atoms with Crippen molar-refractivity contribution >= 4 is 11.9 Å². The van der Waals surface area contributed by atoms with Gasteiger partial charge in [0.05, 0.1) is 14.2 Å². The molecule has 0 saturated heterocycles. The van der Waals surface area contributed by atoms with Gasteiger partial charge in [-0.15, -0.1) is 0 Å². The molecule has 0 fully saturated rings. The van der Waals surface area contributed by atoms with Gasteiger partial charge < -0.3 is 18.9 Å². The Morgan fingerprint density at radius 1 is 0.893 bits per heavy atom. The van der Waals surface area contributed by atoms with Gasteiger partial charge in [0.25, 0.3) is 0 Å². The molecule has 0 heterocycles. The first-order valence-electron chi connectivity index (χ1n) is 7.82. The van der Waals surface area contributed by atoms with Crippen molar-refractivity contribution in [3.8, 4) is 23.0 Å². The molecule has 0 spiro atoms. The summed E-state index contributed by atoms with van der Waals surface area (Å²) in [4.78, 5) is 12.4. The van der Waals surface area contributed by atoms with Gasteiger partial charge >= 0.3 is 13.2 Å². The zero-order valence-corrected chi connectivity index (χ0v) is 14.8. The Morgan fingerprint density at radius 3 is 2.18 bits per heavy atom. The maximum Gasteiger partial charge on any atom is 0.387 e. The van der Waals surface area contributed by atoms with Crippen LogP contribution in [-0.4, -0.2) is 33.2 Å². The van der Waals surface area contributed by atoms with Crippen molar-refractivity contribution < 1.29 is 41.3 Å². The number of carbonyl (C=O) groups is 1. The molecule has 9 heteroatoms. The number of rotatable bonds is 9. The van der Waals surface area contributed by atoms with E-state index in [1.165, 1.54) is 50.6 Å². The SMILES string of the molecule is COc1cc(C(=O)/C=C/c2cccc(OC)c2OC(F)F)ccc1OC(F)F. The van der Waals surface area contributed by atoms with E-state index in [0.29, 0.717) is 0 Å². The van der Waals surface area contributed by atoms with Crippen molar-refractivity contribution in [1.82, 2.24) is 0 Å². The van der Waals surface area contributed by atoms with E-state index in [9.17, 15) is 22.4 Å². The molecular weight excluding hydrogens is 384 g/mol. The number of para-hydroxylation sites is 1. The van der Waals surface area contributed by atoms with Crippen molar-refractivity contribution in [2.24, 2.45) is 0 Å². The largest absolute Gasteiger partial charge is 0.493 e. The number of allylic oxidation sites excluding steroid dienone is 1. The molecular formula is C19H16F4O5. The van der Waals surface area contributed by atoms with Crippen molar-refractivity contribution in [2.45, 2.75) is 13.2 Å². The van der Waals surface area contributed by atoms with E-state index in [1.54, 1.807) is 6.07 Å². The second kappa shape index (κ2) is 9.63. The molecule has 150 valence electrons. The fourth-order valence-corrected chi connectivity index (χ4v) is 2.32. The minimum atomic E-state index is -3.08. The second-order valence-corrected chi connectivity index (χ2v) is 5.20. The third-order valence-corrected chi connectivity index (χ3v) is 3.51. The lowest BCUT2D eigenvalue weighted by molar-refractivity contribution is -0.0519. The zero-order chi connectivity index (χ0) is 20.7. The molecule has 28 heavy (non-hydrogen) atoms. The number of ether oxygens (including phenoxy) is 4. The number of carbonyl (C=O) groups excluding carboxylic acids is 1. The van der Waals surface area contributed by atoms with Gasteiger partial charge in [-0.3, -0.25) is 4.79 Å². The first kappa shape index (κ1) is 21.1. The summed E-state index contributed by atoms with van der Waals surface area (Å²) in [6.45, 7) is -6.12. The highest BCUT2D eigenvalue weighted by atomic mass is 19.3. The molecule has 0 bridgehead atoms. The first-order valence-corrected chi connectivity index (χ1v) is 7.82. The highest BCUT2D eigenvalue weighted by Crippen LogP contribution is 2.34. The standard InChI is InChI=1S/C19H16F4O5/c1-25-15-5-3-4-11(17(15)28-19(22)23)6-8-13(24)12-7-9-14(27-18(20)21)16(10-12)26-2/h3-10,18-19H,1-2H3/b8-6+. The Balaban J connectivity index is 2.29. The van der Waals surface area contributed by atoms with E-state index in [2.05, 4.69) is 9.47 Å². The van der Waals surface area contributed by atoms with Crippen molar-refractivity contribution in [2.75, 3.05) is 14.2 Å². The van der Waals surface area contributed by atoms with E-state index in [0.717, 1.165) is 6.08 Å². The summed E-state index contributed by atoms with van der Waals surface area (Å²) in [7, 11) is 2.53. The van der Waals surface area contributed by atoms with Gasteiger partial charge in [-0.1, -0.05) is 12.1 Å². The van der Waals surface area contributed by atoms with E-state index in [4.69, 9.17) is 9.47 Å². The van der Waals surface area contributed by atoms with Crippen LogP contribution in [0.5, 0.6) is 23.0 Å². The van der Waals surface area contributed by atoms with Crippen LogP contribution in [0.4, 0.5) is 17.6 Å². The Kier molecular flexibility index (Phi) is 7.25. The molecule has 2 rings (SSSR count). The molecule has 5 nitrogen and oxygen atoms in total. The van der Waals surface area contributed by atoms with Crippen molar-refractivity contribution in [1.29, 1.82) is 0 Å². The highest BCUT2D eigenvalue weighted by Gasteiger charge is 2.15. The highest BCUT2D eigenvalue weighted by molar-refractivity contribution is 6.07. The molecule has 0 amide bonds. The Bertz CT molecular complexity index is 852. The third kappa shape index (κ3) is 5.38.